The fourth-order valence-corrected chi connectivity index (χ4v) is 2.71. The summed E-state index contributed by atoms with van der Waals surface area (Å²) in [6, 6.07) is 14.5. The number of nitrogens with zero attached hydrogens (tertiary/aromatic N) is 4. The van der Waals surface area contributed by atoms with Crippen LogP contribution in [0.5, 0.6) is 11.8 Å². The maximum atomic E-state index is 12.5. The van der Waals surface area contributed by atoms with Crippen LogP contribution in [0, 0.1) is 6.92 Å². The quantitative estimate of drug-likeness (QED) is 0.600. The topological polar surface area (TPSA) is 81.9 Å². The van der Waals surface area contributed by atoms with Gasteiger partial charge in [0, 0.05) is 30.7 Å². The molecule has 1 N–H and O–H groups in total. The van der Waals surface area contributed by atoms with Crippen LogP contribution in [-0.4, -0.2) is 25.4 Å². The molecule has 0 saturated carbocycles. The molecular formula is C20H17N5O2. The average molecular weight is 359 g/mol. The zero-order chi connectivity index (χ0) is 18.8. The van der Waals surface area contributed by atoms with Crippen LogP contribution in [0.1, 0.15) is 16.2 Å². The number of imidazole rings is 1. The summed E-state index contributed by atoms with van der Waals surface area (Å²) >= 11 is 0. The highest BCUT2D eigenvalue weighted by Gasteiger charge is 2.10. The molecule has 2 aromatic heterocycles. The van der Waals surface area contributed by atoms with Crippen molar-refractivity contribution in [3.05, 3.63) is 72.3 Å². The average Bonchev–Trinajstić information content (AvgIpc) is 2.97. The highest BCUT2D eigenvalue weighted by Crippen LogP contribution is 2.21. The number of rotatable bonds is 4. The van der Waals surface area contributed by atoms with E-state index in [1.807, 2.05) is 24.6 Å². The third kappa shape index (κ3) is 3.48. The van der Waals surface area contributed by atoms with Gasteiger partial charge in [-0.25, -0.2) is 15.0 Å². The molecule has 4 aromatic rings. The molecular weight excluding hydrogens is 342 g/mol. The summed E-state index contributed by atoms with van der Waals surface area (Å²) in [5, 5.41) is 2.88. The molecule has 7 nitrogen and oxygen atoms in total. The van der Waals surface area contributed by atoms with Gasteiger partial charge in [0.05, 0.1) is 11.0 Å². The number of ether oxygens (including phenoxy) is 1. The van der Waals surface area contributed by atoms with Crippen molar-refractivity contribution in [1.29, 1.82) is 0 Å². The van der Waals surface area contributed by atoms with Crippen molar-refractivity contribution in [2.45, 2.75) is 6.92 Å². The van der Waals surface area contributed by atoms with Gasteiger partial charge in [0.25, 0.3) is 5.91 Å². The van der Waals surface area contributed by atoms with Gasteiger partial charge in [-0.15, -0.1) is 0 Å². The summed E-state index contributed by atoms with van der Waals surface area (Å²) in [6.07, 6.45) is 3.22. The maximum Gasteiger partial charge on any atom is 0.321 e. The molecule has 4 rings (SSSR count). The van der Waals surface area contributed by atoms with Gasteiger partial charge in [0.15, 0.2) is 0 Å². The van der Waals surface area contributed by atoms with E-state index in [4.69, 9.17) is 4.74 Å². The Bertz CT molecular complexity index is 1100. The summed E-state index contributed by atoms with van der Waals surface area (Å²) in [4.78, 5) is 25.0. The second kappa shape index (κ2) is 6.87. The fraction of sp³-hybridized carbons (Fsp3) is 0.100. The molecule has 0 aliphatic carbocycles. The zero-order valence-electron chi connectivity index (χ0n) is 14.9. The molecule has 7 heteroatoms. The van der Waals surface area contributed by atoms with Crippen molar-refractivity contribution >= 4 is 22.6 Å². The number of carbonyl (C=O) groups is 1. The molecule has 0 bridgehead atoms. The molecule has 27 heavy (non-hydrogen) atoms. The first-order valence-electron chi connectivity index (χ1n) is 8.39. The van der Waals surface area contributed by atoms with Crippen LogP contribution in [0.4, 0.5) is 5.69 Å². The zero-order valence-corrected chi connectivity index (χ0v) is 14.9. The van der Waals surface area contributed by atoms with Gasteiger partial charge in [0.2, 0.25) is 0 Å². The van der Waals surface area contributed by atoms with Gasteiger partial charge in [-0.05, 0) is 55.5 Å². The van der Waals surface area contributed by atoms with E-state index in [-0.39, 0.29) is 11.9 Å². The van der Waals surface area contributed by atoms with E-state index in [9.17, 15) is 4.79 Å². The first-order chi connectivity index (χ1) is 13.1. The van der Waals surface area contributed by atoms with Crippen molar-refractivity contribution < 1.29 is 9.53 Å². The van der Waals surface area contributed by atoms with Crippen LogP contribution >= 0.6 is 0 Å². The maximum absolute atomic E-state index is 12.5. The lowest BCUT2D eigenvalue weighted by atomic mass is 10.2. The van der Waals surface area contributed by atoms with Crippen LogP contribution in [0.15, 0.2) is 60.9 Å². The highest BCUT2D eigenvalue weighted by molar-refractivity contribution is 6.06. The number of hydrogen-bond acceptors (Lipinski definition) is 5. The van der Waals surface area contributed by atoms with Crippen LogP contribution in [0.3, 0.4) is 0 Å². The summed E-state index contributed by atoms with van der Waals surface area (Å²) < 4.78 is 7.53. The van der Waals surface area contributed by atoms with E-state index in [0.29, 0.717) is 17.0 Å². The van der Waals surface area contributed by atoms with E-state index in [0.717, 1.165) is 16.9 Å². The molecule has 0 aliphatic rings. The van der Waals surface area contributed by atoms with Gasteiger partial charge < -0.3 is 14.6 Å². The van der Waals surface area contributed by atoms with Gasteiger partial charge >= 0.3 is 6.01 Å². The van der Waals surface area contributed by atoms with Crippen LogP contribution < -0.4 is 10.1 Å². The number of amides is 1. The second-order valence-electron chi connectivity index (χ2n) is 6.03. The Labute approximate surface area is 155 Å². The first-order valence-corrected chi connectivity index (χ1v) is 8.39. The number of fused-ring (bicyclic) bond motifs is 1. The number of carbonyl (C=O) groups excluding carboxylic acids is 1. The minimum atomic E-state index is -0.194. The summed E-state index contributed by atoms with van der Waals surface area (Å²) in [7, 11) is 1.95. The Balaban J connectivity index is 1.48. The third-order valence-electron chi connectivity index (χ3n) is 4.23. The molecule has 1 amide bonds. The lowest BCUT2D eigenvalue weighted by Crippen LogP contribution is -2.11. The van der Waals surface area contributed by atoms with E-state index in [1.165, 1.54) is 0 Å². The molecule has 0 atom stereocenters. The highest BCUT2D eigenvalue weighted by atomic mass is 16.5. The van der Waals surface area contributed by atoms with Crippen molar-refractivity contribution in [2.24, 2.45) is 7.05 Å². The Hall–Kier alpha value is -3.74. The molecule has 0 spiro atoms. The number of aromatic nitrogens is 4. The third-order valence-corrected chi connectivity index (χ3v) is 4.23. The number of benzene rings is 2. The Kier molecular flexibility index (Phi) is 4.25. The van der Waals surface area contributed by atoms with Crippen molar-refractivity contribution in [3.63, 3.8) is 0 Å². The Morgan fingerprint density at radius 2 is 1.81 bits per heavy atom. The molecule has 134 valence electrons. The lowest BCUT2D eigenvalue weighted by Gasteiger charge is -2.07. The van der Waals surface area contributed by atoms with Crippen LogP contribution in [0.2, 0.25) is 0 Å². The molecule has 2 heterocycles. The predicted molar refractivity (Wildman–Crippen MR) is 102 cm³/mol. The van der Waals surface area contributed by atoms with Gasteiger partial charge in [0.1, 0.15) is 11.6 Å². The SMILES string of the molecule is Cc1nc2cc(C(=O)Nc3ccc(Oc4ncccn4)cc3)ccc2n1C. The molecule has 2 aromatic carbocycles. The van der Waals surface area contributed by atoms with E-state index >= 15 is 0 Å². The smallest absolute Gasteiger partial charge is 0.321 e. The monoisotopic (exact) mass is 359 g/mol. The minimum Gasteiger partial charge on any atom is -0.424 e. The normalized spacial score (nSPS) is 10.7. The summed E-state index contributed by atoms with van der Waals surface area (Å²) in [5.74, 6) is 1.30. The molecule has 0 aliphatic heterocycles. The van der Waals surface area contributed by atoms with Gasteiger partial charge in [-0.3, -0.25) is 4.79 Å². The van der Waals surface area contributed by atoms with Crippen molar-refractivity contribution in [1.82, 2.24) is 19.5 Å². The predicted octanol–water partition coefficient (Wildman–Crippen LogP) is 3.72. The lowest BCUT2D eigenvalue weighted by molar-refractivity contribution is 0.102. The van der Waals surface area contributed by atoms with E-state index in [1.54, 1.807) is 54.9 Å². The van der Waals surface area contributed by atoms with Gasteiger partial charge in [-0.1, -0.05) is 0 Å². The van der Waals surface area contributed by atoms with Crippen molar-refractivity contribution in [2.75, 3.05) is 5.32 Å². The van der Waals surface area contributed by atoms with E-state index in [2.05, 4.69) is 20.3 Å². The van der Waals surface area contributed by atoms with E-state index < -0.39 is 0 Å². The Morgan fingerprint density at radius 1 is 1.07 bits per heavy atom. The number of nitrogens with one attached hydrogen (secondary N) is 1. The largest absolute Gasteiger partial charge is 0.424 e. The number of anilines is 1. The minimum absolute atomic E-state index is 0.194. The molecule has 0 saturated heterocycles. The van der Waals surface area contributed by atoms with Crippen LogP contribution in [0.25, 0.3) is 11.0 Å². The summed E-state index contributed by atoms with van der Waals surface area (Å²) in [6.45, 7) is 1.93. The molecule has 0 fully saturated rings. The Morgan fingerprint density at radius 3 is 2.56 bits per heavy atom. The first kappa shape index (κ1) is 16.7. The van der Waals surface area contributed by atoms with Crippen LogP contribution in [-0.2, 0) is 7.05 Å². The molecule has 0 unspecified atom stereocenters. The number of hydrogen-bond donors (Lipinski definition) is 1. The summed E-state index contributed by atoms with van der Waals surface area (Å²) in [5.41, 5.74) is 3.01. The second-order valence-corrected chi connectivity index (χ2v) is 6.03. The van der Waals surface area contributed by atoms with Crippen molar-refractivity contribution in [3.8, 4) is 11.8 Å². The molecule has 0 radical (unpaired) electrons. The standard InChI is InChI=1S/C20H17N5O2/c1-13-23-17-12-14(4-9-18(17)25(13)2)19(26)24-15-5-7-16(8-6-15)27-20-21-10-3-11-22-20/h3-12H,1-2H3,(H,24,26). The fourth-order valence-electron chi connectivity index (χ4n) is 2.71. The number of aryl methyl sites for hydroxylation is 2. The van der Waals surface area contributed by atoms with Gasteiger partial charge in [-0.2, -0.15) is 0 Å².